The van der Waals surface area contributed by atoms with Crippen molar-refractivity contribution in [1.29, 1.82) is 0 Å². The van der Waals surface area contributed by atoms with Gasteiger partial charge in [-0.3, -0.25) is 0 Å². The molecule has 3 N–H and O–H groups in total. The maximum atomic E-state index is 10.4. The highest BCUT2D eigenvalue weighted by Gasteiger charge is 2.19. The first-order chi connectivity index (χ1) is 15.7. The van der Waals surface area contributed by atoms with Gasteiger partial charge in [0.05, 0.1) is 11.8 Å². The maximum Gasteiger partial charge on any atom is 0.229 e. The molecule has 0 aliphatic heterocycles. The number of fused-ring (bicyclic) bond motifs is 1. The zero-order valence-electron chi connectivity index (χ0n) is 19.7. The van der Waals surface area contributed by atoms with Gasteiger partial charge in [-0.15, -0.1) is 0 Å². The van der Waals surface area contributed by atoms with Gasteiger partial charge < -0.3 is 15.7 Å². The van der Waals surface area contributed by atoms with Gasteiger partial charge >= 0.3 is 0 Å². The summed E-state index contributed by atoms with van der Waals surface area (Å²) in [5, 5.41) is 18.8. The fraction of sp³-hybridized carbons (Fsp3) is 0.385. The van der Waals surface area contributed by atoms with Crippen molar-refractivity contribution in [2.24, 2.45) is 0 Å². The van der Waals surface area contributed by atoms with E-state index in [9.17, 15) is 5.11 Å². The summed E-state index contributed by atoms with van der Waals surface area (Å²) in [5.41, 5.74) is 4.80. The van der Waals surface area contributed by atoms with E-state index >= 15 is 0 Å². The quantitative estimate of drug-likeness (QED) is 0.277. The predicted molar refractivity (Wildman–Crippen MR) is 141 cm³/mol. The summed E-state index contributed by atoms with van der Waals surface area (Å²) in [5.74, 6) is 1.05. The molecule has 0 spiro atoms. The van der Waals surface area contributed by atoms with Crippen LogP contribution in [0.1, 0.15) is 49.8 Å². The summed E-state index contributed by atoms with van der Waals surface area (Å²) in [6, 6.07) is 12.5. The first-order valence-electron chi connectivity index (χ1n) is 11.4. The highest BCUT2D eigenvalue weighted by Crippen LogP contribution is 2.34. The van der Waals surface area contributed by atoms with Crippen LogP contribution in [0, 0.1) is 0 Å². The Labute approximate surface area is 202 Å². The molecule has 5 nitrogen and oxygen atoms in total. The molecule has 1 aromatic heterocycles. The Morgan fingerprint density at radius 2 is 1.73 bits per heavy atom. The van der Waals surface area contributed by atoms with Crippen LogP contribution < -0.4 is 15.9 Å². The lowest BCUT2D eigenvalue weighted by Gasteiger charge is -2.22. The average molecular weight is 483 g/mol. The average Bonchev–Trinajstić information content (AvgIpc) is 3.00. The van der Waals surface area contributed by atoms with Crippen LogP contribution in [0.5, 0.6) is 0 Å². The van der Waals surface area contributed by atoms with Crippen LogP contribution in [0.25, 0.3) is 0 Å². The number of hydrogen-bond donors (Lipinski definition) is 3. The van der Waals surface area contributed by atoms with Crippen LogP contribution in [-0.2, 0) is 18.4 Å². The molecule has 2 aromatic carbocycles. The van der Waals surface area contributed by atoms with Crippen LogP contribution in [0.3, 0.4) is 0 Å². The van der Waals surface area contributed by atoms with E-state index in [4.69, 9.17) is 11.6 Å². The molecule has 0 atom stereocenters. The van der Waals surface area contributed by atoms with Gasteiger partial charge in [-0.05, 0) is 99.1 Å². The normalized spacial score (nSPS) is 14.0. The summed E-state index contributed by atoms with van der Waals surface area (Å²) >= 11 is 6.45. The monoisotopic (exact) mass is 482 g/mol. The Kier molecular flexibility index (Phi) is 7.23. The van der Waals surface area contributed by atoms with Gasteiger partial charge in [0.1, 0.15) is 5.02 Å². The van der Waals surface area contributed by atoms with Gasteiger partial charge in [-0.25, -0.2) is 4.98 Å². The molecular weight excluding hydrogens is 451 g/mol. The van der Waals surface area contributed by atoms with Gasteiger partial charge in [0, 0.05) is 11.4 Å². The standard InChI is InChI=1S/C26H32ClN4OP/c1-26(2,32)19-11-13-22(23(15-19)33(3)4)30-24-21(27)16-28-25(31-24)29-20-12-10-17-8-6-5-7-9-18(17)14-20/h10-16,32H,5-9H2,1-4H3,(H2,28,29,30,31). The molecule has 0 unspecified atom stereocenters. The molecule has 0 saturated heterocycles. The van der Waals surface area contributed by atoms with Crippen LogP contribution in [0.2, 0.25) is 5.02 Å². The van der Waals surface area contributed by atoms with Crippen molar-refractivity contribution in [3.63, 3.8) is 0 Å². The van der Waals surface area contributed by atoms with E-state index < -0.39 is 13.5 Å². The van der Waals surface area contributed by atoms with Crippen molar-refractivity contribution in [3.8, 4) is 0 Å². The van der Waals surface area contributed by atoms with Gasteiger partial charge in [-0.1, -0.05) is 38.1 Å². The Balaban J connectivity index is 1.59. The van der Waals surface area contributed by atoms with Gasteiger partial charge in [0.15, 0.2) is 5.82 Å². The van der Waals surface area contributed by atoms with Crippen molar-refractivity contribution < 1.29 is 5.11 Å². The SMILES string of the molecule is CP(C)c1cc(C(C)(C)O)ccc1Nc1nc(Nc2ccc3c(c2)CCCCC3)ncc1Cl. The number of aryl methyl sites for hydroxylation is 2. The smallest absolute Gasteiger partial charge is 0.229 e. The van der Waals surface area contributed by atoms with E-state index in [2.05, 4.69) is 58.2 Å². The molecule has 0 amide bonds. The summed E-state index contributed by atoms with van der Waals surface area (Å²) in [6.07, 6.45) is 7.71. The number of hydrogen-bond acceptors (Lipinski definition) is 5. The van der Waals surface area contributed by atoms with Gasteiger partial charge in [0.2, 0.25) is 5.95 Å². The number of anilines is 4. The molecule has 33 heavy (non-hydrogen) atoms. The fourth-order valence-corrected chi connectivity index (χ4v) is 5.30. The Bertz CT molecular complexity index is 1140. The summed E-state index contributed by atoms with van der Waals surface area (Å²) in [4.78, 5) is 9.04. The minimum atomic E-state index is -0.893. The van der Waals surface area contributed by atoms with Crippen LogP contribution in [-0.4, -0.2) is 28.4 Å². The van der Waals surface area contributed by atoms with Crippen LogP contribution in [0.4, 0.5) is 23.1 Å². The fourth-order valence-electron chi connectivity index (χ4n) is 4.15. The third-order valence-corrected chi connectivity index (χ3v) is 7.65. The molecule has 174 valence electrons. The molecule has 1 aliphatic carbocycles. The number of nitrogens with zero attached hydrogens (tertiary/aromatic N) is 2. The number of halogens is 1. The Morgan fingerprint density at radius 1 is 0.970 bits per heavy atom. The molecule has 1 heterocycles. The van der Waals surface area contributed by atoms with Crippen LogP contribution >= 0.6 is 19.5 Å². The van der Waals surface area contributed by atoms with Crippen LogP contribution in [0.15, 0.2) is 42.6 Å². The predicted octanol–water partition coefficient (Wildman–Crippen LogP) is 6.48. The third-order valence-electron chi connectivity index (χ3n) is 6.04. The summed E-state index contributed by atoms with van der Waals surface area (Å²) in [7, 11) is -0.416. The van der Waals surface area contributed by atoms with E-state index in [1.54, 1.807) is 20.0 Å². The molecule has 4 rings (SSSR count). The molecule has 0 bridgehead atoms. The minimum Gasteiger partial charge on any atom is -0.386 e. The van der Waals surface area contributed by atoms with E-state index in [1.165, 1.54) is 30.4 Å². The lowest BCUT2D eigenvalue weighted by molar-refractivity contribution is 0.0787. The number of rotatable bonds is 6. The van der Waals surface area contributed by atoms with E-state index in [-0.39, 0.29) is 0 Å². The van der Waals surface area contributed by atoms with Gasteiger partial charge in [-0.2, -0.15) is 4.98 Å². The second-order valence-electron chi connectivity index (χ2n) is 9.37. The molecule has 1 aliphatic rings. The maximum absolute atomic E-state index is 10.4. The Hall–Kier alpha value is -2.20. The highest BCUT2D eigenvalue weighted by atomic mass is 35.5. The number of aromatic nitrogens is 2. The lowest BCUT2D eigenvalue weighted by Crippen LogP contribution is -2.19. The Morgan fingerprint density at radius 3 is 2.45 bits per heavy atom. The molecule has 3 aromatic rings. The van der Waals surface area contributed by atoms with Crippen molar-refractivity contribution in [2.45, 2.75) is 51.6 Å². The highest BCUT2D eigenvalue weighted by molar-refractivity contribution is 7.64. The van der Waals surface area contributed by atoms with E-state index in [0.717, 1.165) is 35.1 Å². The van der Waals surface area contributed by atoms with Crippen molar-refractivity contribution in [2.75, 3.05) is 24.0 Å². The van der Waals surface area contributed by atoms with Gasteiger partial charge in [0.25, 0.3) is 0 Å². The molecule has 0 fully saturated rings. The first kappa shape index (κ1) is 23.9. The summed E-state index contributed by atoms with van der Waals surface area (Å²) in [6.45, 7) is 7.98. The topological polar surface area (TPSA) is 70.1 Å². The molecule has 0 radical (unpaired) electrons. The third kappa shape index (κ3) is 5.84. The largest absolute Gasteiger partial charge is 0.386 e. The number of nitrogens with one attached hydrogen (secondary N) is 2. The molecular formula is C26H32ClN4OP. The molecule has 0 saturated carbocycles. The first-order valence-corrected chi connectivity index (χ1v) is 14.0. The zero-order valence-corrected chi connectivity index (χ0v) is 21.4. The minimum absolute atomic E-state index is 0.416. The van der Waals surface area contributed by atoms with Crippen molar-refractivity contribution in [1.82, 2.24) is 9.97 Å². The second-order valence-corrected chi connectivity index (χ2v) is 12.0. The summed E-state index contributed by atoms with van der Waals surface area (Å²) < 4.78 is 0. The van der Waals surface area contributed by atoms with E-state index in [1.807, 2.05) is 12.1 Å². The number of aliphatic hydroxyl groups is 1. The zero-order chi connectivity index (χ0) is 23.6. The van der Waals surface area contributed by atoms with E-state index in [0.29, 0.717) is 16.8 Å². The molecule has 7 heteroatoms. The second kappa shape index (κ2) is 9.97. The lowest BCUT2D eigenvalue weighted by atomic mass is 9.98. The van der Waals surface area contributed by atoms with Crippen molar-refractivity contribution >= 4 is 48.0 Å². The van der Waals surface area contributed by atoms with Crippen molar-refractivity contribution in [3.05, 3.63) is 64.3 Å². The number of benzene rings is 2.